The van der Waals surface area contributed by atoms with Crippen LogP contribution >= 0.6 is 0 Å². The summed E-state index contributed by atoms with van der Waals surface area (Å²) in [6, 6.07) is 0. The zero-order valence-electron chi connectivity index (χ0n) is 15.1. The van der Waals surface area contributed by atoms with Gasteiger partial charge in [0.1, 0.15) is 0 Å². The summed E-state index contributed by atoms with van der Waals surface area (Å²) in [5, 5.41) is 0. The number of unbranched alkanes of at least 4 members (excludes halogenated alkanes) is 7. The van der Waals surface area contributed by atoms with Crippen LogP contribution in [0.25, 0.3) is 0 Å². The van der Waals surface area contributed by atoms with Crippen molar-refractivity contribution in [3.8, 4) is 0 Å². The first-order valence-electron chi connectivity index (χ1n) is 9.55. The Morgan fingerprint density at radius 1 is 0.696 bits per heavy atom. The molecule has 1 fully saturated rings. The first-order chi connectivity index (χ1) is 10.8. The third-order valence-corrected chi connectivity index (χ3v) is 4.92. The summed E-state index contributed by atoms with van der Waals surface area (Å²) in [6.07, 6.45) is 16.1. The SMILES string of the molecule is CCCCCCCCCC[N+]1(CC)CCCCC1.F[B-](F)(F)F. The van der Waals surface area contributed by atoms with Crippen LogP contribution in [0.3, 0.4) is 0 Å². The van der Waals surface area contributed by atoms with Gasteiger partial charge in [0.05, 0.1) is 26.2 Å². The summed E-state index contributed by atoms with van der Waals surface area (Å²) in [5.74, 6) is 0. The quantitative estimate of drug-likeness (QED) is 0.185. The summed E-state index contributed by atoms with van der Waals surface area (Å²) in [5.41, 5.74) is 0. The van der Waals surface area contributed by atoms with E-state index in [0.29, 0.717) is 0 Å². The van der Waals surface area contributed by atoms with Gasteiger partial charge in [0.25, 0.3) is 0 Å². The first-order valence-corrected chi connectivity index (χ1v) is 9.55. The van der Waals surface area contributed by atoms with Crippen molar-refractivity contribution in [1.82, 2.24) is 0 Å². The monoisotopic (exact) mass is 341 g/mol. The number of quaternary nitrogens is 1. The lowest BCUT2D eigenvalue weighted by atomic mass is 10.0. The lowest BCUT2D eigenvalue weighted by Crippen LogP contribution is -2.51. The van der Waals surface area contributed by atoms with Crippen LogP contribution in [-0.2, 0) is 0 Å². The maximum atomic E-state index is 9.75. The van der Waals surface area contributed by atoms with Crippen LogP contribution in [0.4, 0.5) is 17.3 Å². The molecule has 0 aromatic heterocycles. The lowest BCUT2D eigenvalue weighted by Gasteiger charge is -2.41. The molecule has 0 unspecified atom stereocenters. The lowest BCUT2D eigenvalue weighted by molar-refractivity contribution is -0.931. The fourth-order valence-corrected chi connectivity index (χ4v) is 3.46. The molecule has 0 aromatic carbocycles. The fourth-order valence-electron chi connectivity index (χ4n) is 3.46. The number of likely N-dealkylation sites (tertiary alicyclic amines) is 1. The average Bonchev–Trinajstić information content (AvgIpc) is 2.49. The molecule has 0 spiro atoms. The van der Waals surface area contributed by atoms with Gasteiger partial charge in [-0.3, -0.25) is 0 Å². The van der Waals surface area contributed by atoms with Crippen molar-refractivity contribution < 1.29 is 21.7 Å². The summed E-state index contributed by atoms with van der Waals surface area (Å²) in [4.78, 5) is 0. The Balaban J connectivity index is 0.000000841. The van der Waals surface area contributed by atoms with E-state index in [1.807, 2.05) is 0 Å². The summed E-state index contributed by atoms with van der Waals surface area (Å²) >= 11 is 0. The normalized spacial score (nSPS) is 17.5. The second-order valence-electron chi connectivity index (χ2n) is 6.86. The van der Waals surface area contributed by atoms with Gasteiger partial charge in [-0.1, -0.05) is 45.4 Å². The van der Waals surface area contributed by atoms with Gasteiger partial charge in [0.15, 0.2) is 0 Å². The maximum absolute atomic E-state index is 9.75. The molecular formula is C17H36BF4N. The molecule has 1 rings (SSSR count). The highest BCUT2D eigenvalue weighted by Gasteiger charge is 2.26. The number of nitrogens with zero attached hydrogens (tertiary/aromatic N) is 1. The van der Waals surface area contributed by atoms with E-state index in [1.165, 1.54) is 101 Å². The Morgan fingerprint density at radius 3 is 1.57 bits per heavy atom. The predicted molar refractivity (Wildman–Crippen MR) is 92.0 cm³/mol. The minimum Gasteiger partial charge on any atom is -0.418 e. The highest BCUT2D eigenvalue weighted by atomic mass is 19.5. The van der Waals surface area contributed by atoms with Crippen molar-refractivity contribution in [2.75, 3.05) is 26.2 Å². The van der Waals surface area contributed by atoms with E-state index in [4.69, 9.17) is 0 Å². The van der Waals surface area contributed by atoms with Crippen molar-refractivity contribution in [3.63, 3.8) is 0 Å². The Morgan fingerprint density at radius 2 is 1.13 bits per heavy atom. The molecule has 0 radical (unpaired) electrons. The van der Waals surface area contributed by atoms with Crippen LogP contribution in [0.15, 0.2) is 0 Å². The Labute approximate surface area is 140 Å². The Bertz CT molecular complexity index is 260. The largest absolute Gasteiger partial charge is 0.673 e. The molecule has 0 atom stereocenters. The smallest absolute Gasteiger partial charge is 0.418 e. The van der Waals surface area contributed by atoms with E-state index in [2.05, 4.69) is 13.8 Å². The molecule has 0 N–H and O–H groups in total. The first kappa shape index (κ1) is 22.7. The molecule has 1 heterocycles. The van der Waals surface area contributed by atoms with Crippen LogP contribution in [-0.4, -0.2) is 37.9 Å². The summed E-state index contributed by atoms with van der Waals surface area (Å²) in [6.45, 7) is 10.5. The minimum atomic E-state index is -6.00. The van der Waals surface area contributed by atoms with Crippen LogP contribution in [0, 0.1) is 0 Å². The van der Waals surface area contributed by atoms with Crippen LogP contribution in [0.2, 0.25) is 0 Å². The molecule has 1 nitrogen and oxygen atoms in total. The van der Waals surface area contributed by atoms with Crippen molar-refractivity contribution in [3.05, 3.63) is 0 Å². The molecule has 0 saturated carbocycles. The van der Waals surface area contributed by atoms with E-state index in [9.17, 15) is 17.3 Å². The van der Waals surface area contributed by atoms with Crippen molar-refractivity contribution in [2.24, 2.45) is 0 Å². The van der Waals surface area contributed by atoms with Gasteiger partial charge >= 0.3 is 7.25 Å². The highest BCUT2D eigenvalue weighted by molar-refractivity contribution is 6.50. The van der Waals surface area contributed by atoms with E-state index in [0.717, 1.165) is 0 Å². The topological polar surface area (TPSA) is 0 Å². The predicted octanol–water partition coefficient (Wildman–Crippen LogP) is 6.45. The minimum absolute atomic E-state index is 1.37. The van der Waals surface area contributed by atoms with Crippen molar-refractivity contribution >= 4 is 7.25 Å². The number of hydrogen-bond donors (Lipinski definition) is 0. The molecule has 0 bridgehead atoms. The molecule has 23 heavy (non-hydrogen) atoms. The van der Waals surface area contributed by atoms with E-state index in [1.54, 1.807) is 0 Å². The molecule has 0 aromatic rings. The molecule has 1 saturated heterocycles. The maximum Gasteiger partial charge on any atom is 0.673 e. The van der Waals surface area contributed by atoms with Gasteiger partial charge in [-0.05, 0) is 39.0 Å². The molecule has 0 aliphatic carbocycles. The Hall–Kier alpha value is -0.255. The fraction of sp³-hybridized carbons (Fsp3) is 1.00. The molecule has 1 aliphatic heterocycles. The zero-order valence-corrected chi connectivity index (χ0v) is 15.1. The molecule has 0 amide bonds. The van der Waals surface area contributed by atoms with Gasteiger partial charge < -0.3 is 21.7 Å². The summed E-state index contributed by atoms with van der Waals surface area (Å²) < 4.78 is 40.4. The van der Waals surface area contributed by atoms with Gasteiger partial charge in [0.2, 0.25) is 0 Å². The second-order valence-corrected chi connectivity index (χ2v) is 6.86. The van der Waals surface area contributed by atoms with E-state index in [-0.39, 0.29) is 0 Å². The van der Waals surface area contributed by atoms with Crippen molar-refractivity contribution in [2.45, 2.75) is 84.5 Å². The molecule has 1 aliphatic rings. The number of rotatable bonds is 10. The third kappa shape index (κ3) is 15.0. The van der Waals surface area contributed by atoms with E-state index >= 15 is 0 Å². The number of halogens is 4. The van der Waals surface area contributed by atoms with Crippen LogP contribution in [0.5, 0.6) is 0 Å². The van der Waals surface area contributed by atoms with Crippen molar-refractivity contribution in [1.29, 1.82) is 0 Å². The molecule has 140 valence electrons. The van der Waals surface area contributed by atoms with Crippen LogP contribution in [0.1, 0.15) is 84.5 Å². The van der Waals surface area contributed by atoms with Gasteiger partial charge in [-0.2, -0.15) is 0 Å². The van der Waals surface area contributed by atoms with Gasteiger partial charge in [-0.25, -0.2) is 0 Å². The number of piperidine rings is 1. The molecule has 6 heteroatoms. The zero-order chi connectivity index (χ0) is 17.6. The average molecular weight is 341 g/mol. The van der Waals surface area contributed by atoms with Crippen LogP contribution < -0.4 is 0 Å². The Kier molecular flexibility index (Phi) is 12.9. The third-order valence-electron chi connectivity index (χ3n) is 4.92. The number of hydrogen-bond acceptors (Lipinski definition) is 0. The van der Waals surface area contributed by atoms with Gasteiger partial charge in [0, 0.05) is 0 Å². The standard InChI is InChI=1S/C17H36N.BF4/c1-3-5-6-7-8-9-10-12-15-18(4-2)16-13-11-14-17-18;2-1(3,4)5/h3-17H2,1-2H3;/q+1;-1. The van der Waals surface area contributed by atoms with Gasteiger partial charge in [-0.15, -0.1) is 0 Å². The second kappa shape index (κ2) is 13.1. The van der Waals surface area contributed by atoms with E-state index < -0.39 is 7.25 Å². The summed E-state index contributed by atoms with van der Waals surface area (Å²) in [7, 11) is -6.00. The molecular weight excluding hydrogens is 305 g/mol. The highest BCUT2D eigenvalue weighted by Crippen LogP contribution is 2.20.